The fourth-order valence-electron chi connectivity index (χ4n) is 1.76. The molecule has 3 N–H and O–H groups in total. The van der Waals surface area contributed by atoms with Crippen molar-refractivity contribution in [2.45, 2.75) is 19.3 Å². The summed E-state index contributed by atoms with van der Waals surface area (Å²) >= 11 is -1.65. The van der Waals surface area contributed by atoms with E-state index in [9.17, 15) is 4.21 Å². The van der Waals surface area contributed by atoms with Crippen LogP contribution in [-0.4, -0.2) is 40.7 Å². The van der Waals surface area contributed by atoms with Gasteiger partial charge in [0.05, 0.1) is 5.75 Å². The molecule has 0 aromatic rings. The molecule has 0 aliphatic carbocycles. The number of rotatable bonds is 5. The molecule has 1 saturated heterocycles. The molecule has 4 nitrogen and oxygen atoms in total. The van der Waals surface area contributed by atoms with Crippen LogP contribution in [0.25, 0.3) is 0 Å². The summed E-state index contributed by atoms with van der Waals surface area (Å²) in [7, 11) is 0. The topological polar surface area (TPSA) is 61.4 Å². The first-order chi connectivity index (χ1) is 6.79. The Morgan fingerprint density at radius 1 is 1.43 bits per heavy atom. The van der Waals surface area contributed by atoms with Gasteiger partial charge in [-0.2, -0.15) is 0 Å². The highest BCUT2D eigenvalue weighted by atomic mass is 32.2. The molecule has 5 heteroatoms. The van der Waals surface area contributed by atoms with Gasteiger partial charge >= 0.3 is 0 Å². The fraction of sp³-hybridized carbons (Fsp3) is 1.00. The number of nitrogens with one attached hydrogen (secondary N) is 2. The summed E-state index contributed by atoms with van der Waals surface area (Å²) in [4.78, 5) is 0. The molecule has 0 bridgehead atoms. The molecule has 1 rings (SSSR count). The van der Waals surface area contributed by atoms with E-state index < -0.39 is 11.1 Å². The van der Waals surface area contributed by atoms with E-state index in [0.717, 1.165) is 25.6 Å². The van der Waals surface area contributed by atoms with E-state index in [-0.39, 0.29) is 0 Å². The third kappa shape index (κ3) is 5.70. The van der Waals surface area contributed by atoms with E-state index in [2.05, 4.69) is 10.6 Å². The van der Waals surface area contributed by atoms with Crippen LogP contribution in [0.1, 0.15) is 19.3 Å². The van der Waals surface area contributed by atoms with Gasteiger partial charge in [0.1, 0.15) is 0 Å². The Hall–Kier alpha value is 0.0300. The van der Waals surface area contributed by atoms with Crippen molar-refractivity contribution in [3.63, 3.8) is 0 Å². The molecular formula is C9H20N2O2S. The van der Waals surface area contributed by atoms with E-state index in [1.807, 2.05) is 0 Å². The predicted octanol–water partition coefficient (Wildman–Crippen LogP) is 0.187. The summed E-state index contributed by atoms with van der Waals surface area (Å²) in [6.07, 6.45) is 3.73. The van der Waals surface area contributed by atoms with Crippen LogP contribution in [0.4, 0.5) is 0 Å². The highest BCUT2D eigenvalue weighted by molar-refractivity contribution is 7.79. The molecule has 0 spiro atoms. The van der Waals surface area contributed by atoms with Crippen LogP contribution in [0.5, 0.6) is 0 Å². The molecule has 1 aliphatic rings. The normalized spacial score (nSPS) is 25.6. The smallest absolute Gasteiger partial charge is 0.154 e. The van der Waals surface area contributed by atoms with Crippen molar-refractivity contribution in [3.8, 4) is 0 Å². The van der Waals surface area contributed by atoms with Gasteiger partial charge in [-0.15, -0.1) is 0 Å². The number of hydrogen-bond acceptors (Lipinski definition) is 3. The molecule has 84 valence electrons. The maximum atomic E-state index is 10.4. The van der Waals surface area contributed by atoms with Gasteiger partial charge in [0.15, 0.2) is 11.1 Å². The van der Waals surface area contributed by atoms with Crippen LogP contribution in [0, 0.1) is 5.92 Å². The Bertz CT molecular complexity index is 170. The van der Waals surface area contributed by atoms with Crippen molar-refractivity contribution < 1.29 is 8.76 Å². The third-order valence-electron chi connectivity index (χ3n) is 2.58. The van der Waals surface area contributed by atoms with E-state index >= 15 is 0 Å². The van der Waals surface area contributed by atoms with Crippen LogP contribution in [-0.2, 0) is 11.1 Å². The van der Waals surface area contributed by atoms with Crippen LogP contribution < -0.4 is 10.6 Å². The molecule has 1 fully saturated rings. The van der Waals surface area contributed by atoms with Gasteiger partial charge in [-0.25, -0.2) is 4.21 Å². The Morgan fingerprint density at radius 3 is 3.07 bits per heavy atom. The zero-order valence-corrected chi connectivity index (χ0v) is 9.31. The summed E-state index contributed by atoms with van der Waals surface area (Å²) in [6, 6.07) is 0. The zero-order chi connectivity index (χ0) is 10.2. The molecule has 1 heterocycles. The highest BCUT2D eigenvalue weighted by Gasteiger charge is 2.10. The van der Waals surface area contributed by atoms with Crippen molar-refractivity contribution in [1.82, 2.24) is 10.6 Å². The lowest BCUT2D eigenvalue weighted by molar-refractivity contribution is 0.440. The average molecular weight is 220 g/mol. The molecule has 0 aromatic carbocycles. The standard InChI is InChI=1S/C9H20N2O2S/c12-14(13)7-6-11-8-9-2-1-4-10-5-3-9/h9-11H,1-8H2,(H,12,13). The lowest BCUT2D eigenvalue weighted by Crippen LogP contribution is -2.27. The molecule has 0 saturated carbocycles. The molecule has 14 heavy (non-hydrogen) atoms. The fourth-order valence-corrected chi connectivity index (χ4v) is 2.08. The summed E-state index contributed by atoms with van der Waals surface area (Å²) in [5.41, 5.74) is 0. The molecule has 0 radical (unpaired) electrons. The lowest BCUT2D eigenvalue weighted by atomic mass is 10.0. The molecule has 0 aromatic heterocycles. The molecule has 2 atom stereocenters. The highest BCUT2D eigenvalue weighted by Crippen LogP contribution is 2.11. The molecule has 2 unspecified atom stereocenters. The Balaban J connectivity index is 2.01. The minimum Gasteiger partial charge on any atom is -0.317 e. The second-order valence-corrected chi connectivity index (χ2v) is 4.83. The Kier molecular flexibility index (Phi) is 6.34. The largest absolute Gasteiger partial charge is 0.317 e. The first-order valence-corrected chi connectivity index (χ1v) is 6.55. The molecule has 0 amide bonds. The van der Waals surface area contributed by atoms with E-state index in [1.165, 1.54) is 19.3 Å². The van der Waals surface area contributed by atoms with Crippen LogP contribution >= 0.6 is 0 Å². The van der Waals surface area contributed by atoms with Gasteiger partial charge in [0, 0.05) is 6.54 Å². The molecular weight excluding hydrogens is 200 g/mol. The van der Waals surface area contributed by atoms with E-state index in [4.69, 9.17) is 4.55 Å². The summed E-state index contributed by atoms with van der Waals surface area (Å²) in [5, 5.41) is 6.60. The van der Waals surface area contributed by atoms with E-state index in [1.54, 1.807) is 0 Å². The first kappa shape index (κ1) is 12.1. The second kappa shape index (κ2) is 7.34. The third-order valence-corrected chi connectivity index (χ3v) is 3.14. The van der Waals surface area contributed by atoms with Crippen molar-refractivity contribution in [1.29, 1.82) is 0 Å². The van der Waals surface area contributed by atoms with Gasteiger partial charge in [-0.1, -0.05) is 0 Å². The van der Waals surface area contributed by atoms with Crippen LogP contribution in [0.15, 0.2) is 0 Å². The van der Waals surface area contributed by atoms with Gasteiger partial charge < -0.3 is 15.2 Å². The summed E-state index contributed by atoms with van der Waals surface area (Å²) < 4.78 is 18.9. The maximum Gasteiger partial charge on any atom is 0.154 e. The van der Waals surface area contributed by atoms with Crippen LogP contribution in [0.2, 0.25) is 0 Å². The van der Waals surface area contributed by atoms with E-state index in [0.29, 0.717) is 12.3 Å². The van der Waals surface area contributed by atoms with Gasteiger partial charge in [0.25, 0.3) is 0 Å². The minimum absolute atomic E-state index is 0.338. The first-order valence-electron chi connectivity index (χ1n) is 5.28. The quantitative estimate of drug-likeness (QED) is 0.457. The Labute approximate surface area is 88.1 Å². The van der Waals surface area contributed by atoms with Gasteiger partial charge in [0.2, 0.25) is 0 Å². The number of hydrogen-bond donors (Lipinski definition) is 3. The van der Waals surface area contributed by atoms with Crippen molar-refractivity contribution in [2.75, 3.05) is 31.9 Å². The Morgan fingerprint density at radius 2 is 2.29 bits per heavy atom. The zero-order valence-electron chi connectivity index (χ0n) is 8.50. The van der Waals surface area contributed by atoms with Gasteiger partial charge in [-0.3, -0.25) is 0 Å². The monoisotopic (exact) mass is 220 g/mol. The predicted molar refractivity (Wildman–Crippen MR) is 58.7 cm³/mol. The summed E-state index contributed by atoms with van der Waals surface area (Å²) in [6.45, 7) is 3.88. The summed E-state index contributed by atoms with van der Waals surface area (Å²) in [5.74, 6) is 1.07. The lowest BCUT2D eigenvalue weighted by Gasteiger charge is -2.13. The molecule has 1 aliphatic heterocycles. The van der Waals surface area contributed by atoms with Gasteiger partial charge in [-0.05, 0) is 44.8 Å². The van der Waals surface area contributed by atoms with Crippen molar-refractivity contribution in [2.24, 2.45) is 5.92 Å². The van der Waals surface area contributed by atoms with Crippen molar-refractivity contribution in [3.05, 3.63) is 0 Å². The van der Waals surface area contributed by atoms with Crippen molar-refractivity contribution >= 4 is 11.1 Å². The maximum absolute atomic E-state index is 10.4. The van der Waals surface area contributed by atoms with Crippen LogP contribution in [0.3, 0.4) is 0 Å². The SMILES string of the molecule is O=S(O)CCNCC1CCCNCC1. The minimum atomic E-state index is -1.65. The average Bonchev–Trinajstić information content (AvgIpc) is 2.40. The second-order valence-electron chi connectivity index (χ2n) is 3.78.